The summed E-state index contributed by atoms with van der Waals surface area (Å²) in [4.78, 5) is 24.9. The van der Waals surface area contributed by atoms with E-state index in [9.17, 15) is 4.79 Å². The smallest absolute Gasteiger partial charge is 0.227 e. The molecule has 7 heteroatoms. The van der Waals surface area contributed by atoms with Crippen molar-refractivity contribution in [1.82, 2.24) is 25.4 Å². The van der Waals surface area contributed by atoms with Gasteiger partial charge in [-0.1, -0.05) is 35.5 Å². The summed E-state index contributed by atoms with van der Waals surface area (Å²) in [6.07, 6.45) is 0.653. The second kappa shape index (κ2) is 7.65. The molecule has 0 aliphatic carbocycles. The summed E-state index contributed by atoms with van der Waals surface area (Å²) in [7, 11) is 0. The molecule has 128 valence electrons. The first-order valence-corrected chi connectivity index (χ1v) is 8.06. The largest absolute Gasteiger partial charge is 0.349 e. The van der Waals surface area contributed by atoms with Crippen LogP contribution in [0.2, 0.25) is 0 Å². The minimum absolute atomic E-state index is 0.109. The van der Waals surface area contributed by atoms with E-state index in [1.807, 2.05) is 50.2 Å². The first-order chi connectivity index (χ1) is 12.1. The molecular formula is C18H19N5O2. The molecule has 3 aromatic rings. The molecule has 7 nitrogen and oxygen atoms in total. The molecule has 0 unspecified atom stereocenters. The number of aryl methyl sites for hydroxylation is 3. The number of carbonyl (C=O) groups is 1. The molecule has 0 aliphatic heterocycles. The summed E-state index contributed by atoms with van der Waals surface area (Å²) in [5.41, 5.74) is 2.65. The Labute approximate surface area is 145 Å². The van der Waals surface area contributed by atoms with Gasteiger partial charge in [0.05, 0.1) is 6.54 Å². The minimum atomic E-state index is -0.109. The van der Waals surface area contributed by atoms with Crippen LogP contribution in [0, 0.1) is 13.8 Å². The Morgan fingerprint density at radius 1 is 1.08 bits per heavy atom. The zero-order valence-electron chi connectivity index (χ0n) is 14.2. The molecule has 0 aliphatic rings. The molecule has 0 atom stereocenters. The van der Waals surface area contributed by atoms with Crippen LogP contribution in [-0.2, 0) is 17.8 Å². The van der Waals surface area contributed by atoms with Crippen LogP contribution in [0.4, 0.5) is 0 Å². The van der Waals surface area contributed by atoms with Gasteiger partial charge in [-0.2, -0.15) is 4.98 Å². The molecule has 25 heavy (non-hydrogen) atoms. The third kappa shape index (κ3) is 4.69. The van der Waals surface area contributed by atoms with E-state index < -0.39 is 0 Å². The van der Waals surface area contributed by atoms with Crippen LogP contribution in [-0.4, -0.2) is 26.0 Å². The van der Waals surface area contributed by atoms with E-state index in [0.717, 1.165) is 17.0 Å². The van der Waals surface area contributed by atoms with Gasteiger partial charge < -0.3 is 9.84 Å². The molecule has 2 aromatic heterocycles. The van der Waals surface area contributed by atoms with Gasteiger partial charge in [-0.25, -0.2) is 9.97 Å². The number of aromatic nitrogens is 4. The van der Waals surface area contributed by atoms with Crippen molar-refractivity contribution in [3.05, 3.63) is 59.5 Å². The fraction of sp³-hybridized carbons (Fsp3) is 0.278. The first-order valence-electron chi connectivity index (χ1n) is 8.06. The number of amides is 1. The van der Waals surface area contributed by atoms with E-state index >= 15 is 0 Å². The maximum Gasteiger partial charge on any atom is 0.227 e. The number of hydrogen-bond donors (Lipinski definition) is 1. The number of hydrogen-bond acceptors (Lipinski definition) is 6. The van der Waals surface area contributed by atoms with Gasteiger partial charge in [0.15, 0.2) is 0 Å². The minimum Gasteiger partial charge on any atom is -0.349 e. The van der Waals surface area contributed by atoms with Crippen molar-refractivity contribution >= 4 is 5.91 Å². The van der Waals surface area contributed by atoms with Crippen molar-refractivity contribution in [2.45, 2.75) is 33.2 Å². The third-order valence-electron chi connectivity index (χ3n) is 3.54. The summed E-state index contributed by atoms with van der Waals surface area (Å²) < 4.78 is 5.20. The molecule has 0 bridgehead atoms. The highest BCUT2D eigenvalue weighted by Crippen LogP contribution is 2.15. The van der Waals surface area contributed by atoms with E-state index in [1.54, 1.807) is 0 Å². The first kappa shape index (κ1) is 16.8. The van der Waals surface area contributed by atoms with E-state index in [0.29, 0.717) is 30.5 Å². The maximum absolute atomic E-state index is 12.0. The third-order valence-corrected chi connectivity index (χ3v) is 3.54. The SMILES string of the molecule is Cc1cc(C)nc(CNC(=O)CCc2nc(-c3ccccc3)no2)n1. The quantitative estimate of drug-likeness (QED) is 0.742. The van der Waals surface area contributed by atoms with E-state index in [-0.39, 0.29) is 12.3 Å². The number of rotatable bonds is 6. The number of nitrogens with one attached hydrogen (secondary N) is 1. The van der Waals surface area contributed by atoms with Gasteiger partial charge in [0.25, 0.3) is 0 Å². The predicted octanol–water partition coefficient (Wildman–Crippen LogP) is 2.39. The van der Waals surface area contributed by atoms with Gasteiger partial charge in [-0.05, 0) is 19.9 Å². The molecule has 1 N–H and O–H groups in total. The van der Waals surface area contributed by atoms with Crippen LogP contribution in [0.5, 0.6) is 0 Å². The molecule has 0 saturated heterocycles. The van der Waals surface area contributed by atoms with Crippen molar-refractivity contribution in [3.8, 4) is 11.4 Å². The Bertz CT molecular complexity index is 841. The number of carbonyl (C=O) groups excluding carboxylic acids is 1. The van der Waals surface area contributed by atoms with Gasteiger partial charge in [0.1, 0.15) is 5.82 Å². The lowest BCUT2D eigenvalue weighted by atomic mass is 10.2. The van der Waals surface area contributed by atoms with Gasteiger partial charge >= 0.3 is 0 Å². The fourth-order valence-corrected chi connectivity index (χ4v) is 2.43. The molecule has 1 amide bonds. The fourth-order valence-electron chi connectivity index (χ4n) is 2.43. The summed E-state index contributed by atoms with van der Waals surface area (Å²) in [6, 6.07) is 11.5. The Morgan fingerprint density at radius 2 is 1.80 bits per heavy atom. The lowest BCUT2D eigenvalue weighted by Gasteiger charge is -2.05. The zero-order valence-corrected chi connectivity index (χ0v) is 14.2. The van der Waals surface area contributed by atoms with Crippen molar-refractivity contribution in [2.75, 3.05) is 0 Å². The second-order valence-corrected chi connectivity index (χ2v) is 5.72. The van der Waals surface area contributed by atoms with Crippen LogP contribution in [0.15, 0.2) is 40.9 Å². The topological polar surface area (TPSA) is 93.8 Å². The molecule has 3 rings (SSSR count). The molecule has 0 fully saturated rings. The van der Waals surface area contributed by atoms with Crippen LogP contribution in [0.25, 0.3) is 11.4 Å². The summed E-state index contributed by atoms with van der Waals surface area (Å²) in [6.45, 7) is 4.11. The second-order valence-electron chi connectivity index (χ2n) is 5.72. The molecule has 0 radical (unpaired) electrons. The van der Waals surface area contributed by atoms with Crippen molar-refractivity contribution in [3.63, 3.8) is 0 Å². The average Bonchev–Trinajstić information content (AvgIpc) is 3.07. The normalized spacial score (nSPS) is 10.6. The summed E-state index contributed by atoms with van der Waals surface area (Å²) in [5.74, 6) is 1.47. The lowest BCUT2D eigenvalue weighted by Crippen LogP contribution is -2.24. The van der Waals surface area contributed by atoms with Gasteiger partial charge in [0.2, 0.25) is 17.6 Å². The molecule has 2 heterocycles. The van der Waals surface area contributed by atoms with Crippen molar-refractivity contribution in [2.24, 2.45) is 0 Å². The summed E-state index contributed by atoms with van der Waals surface area (Å²) >= 11 is 0. The maximum atomic E-state index is 12.0. The van der Waals surface area contributed by atoms with E-state index in [1.165, 1.54) is 0 Å². The molecule has 0 spiro atoms. The zero-order chi connectivity index (χ0) is 17.6. The highest BCUT2D eigenvalue weighted by atomic mass is 16.5. The van der Waals surface area contributed by atoms with Crippen LogP contribution >= 0.6 is 0 Å². The van der Waals surface area contributed by atoms with Crippen LogP contribution in [0.1, 0.15) is 29.5 Å². The highest BCUT2D eigenvalue weighted by molar-refractivity contribution is 5.75. The standard InChI is InChI=1S/C18H19N5O2/c1-12-10-13(2)21-15(20-12)11-19-16(24)8-9-17-22-18(23-25-17)14-6-4-3-5-7-14/h3-7,10H,8-9,11H2,1-2H3,(H,19,24). The Morgan fingerprint density at radius 3 is 2.52 bits per heavy atom. The van der Waals surface area contributed by atoms with Gasteiger partial charge in [-0.15, -0.1) is 0 Å². The highest BCUT2D eigenvalue weighted by Gasteiger charge is 2.11. The Balaban J connectivity index is 1.50. The van der Waals surface area contributed by atoms with Crippen molar-refractivity contribution < 1.29 is 9.32 Å². The van der Waals surface area contributed by atoms with Gasteiger partial charge in [0, 0.05) is 29.8 Å². The van der Waals surface area contributed by atoms with E-state index in [4.69, 9.17) is 4.52 Å². The van der Waals surface area contributed by atoms with Gasteiger partial charge in [-0.3, -0.25) is 4.79 Å². The average molecular weight is 337 g/mol. The number of benzene rings is 1. The Kier molecular flexibility index (Phi) is 5.13. The lowest BCUT2D eigenvalue weighted by molar-refractivity contribution is -0.121. The molecular weight excluding hydrogens is 318 g/mol. The van der Waals surface area contributed by atoms with E-state index in [2.05, 4.69) is 25.4 Å². The van der Waals surface area contributed by atoms with Crippen LogP contribution < -0.4 is 5.32 Å². The van der Waals surface area contributed by atoms with Crippen LogP contribution in [0.3, 0.4) is 0 Å². The summed E-state index contributed by atoms with van der Waals surface area (Å²) in [5, 5.41) is 6.75. The number of nitrogens with zero attached hydrogens (tertiary/aromatic N) is 4. The predicted molar refractivity (Wildman–Crippen MR) is 91.4 cm³/mol. The molecule has 1 aromatic carbocycles. The Hall–Kier alpha value is -3.09. The monoisotopic (exact) mass is 337 g/mol. The molecule has 0 saturated carbocycles. The van der Waals surface area contributed by atoms with Crippen molar-refractivity contribution in [1.29, 1.82) is 0 Å².